The van der Waals surface area contributed by atoms with Crippen LogP contribution in [-0.2, 0) is 4.79 Å². The Bertz CT molecular complexity index is 331. The van der Waals surface area contributed by atoms with Gasteiger partial charge in [-0.05, 0) is 58.9 Å². The number of piperidine rings is 1. The Kier molecular flexibility index (Phi) is 6.06. The van der Waals surface area contributed by atoms with Gasteiger partial charge in [0.25, 0.3) is 0 Å². The molecule has 3 unspecified atom stereocenters. The molecule has 0 bridgehead atoms. The first-order valence-electron chi connectivity index (χ1n) is 8.73. The van der Waals surface area contributed by atoms with Gasteiger partial charge in [0, 0.05) is 17.6 Å². The molecule has 21 heavy (non-hydrogen) atoms. The van der Waals surface area contributed by atoms with Crippen LogP contribution >= 0.6 is 0 Å². The van der Waals surface area contributed by atoms with Crippen LogP contribution in [0.4, 0.5) is 0 Å². The third-order valence-electron chi connectivity index (χ3n) is 4.72. The van der Waals surface area contributed by atoms with Gasteiger partial charge in [0.05, 0.1) is 6.54 Å². The van der Waals surface area contributed by atoms with Gasteiger partial charge in [-0.1, -0.05) is 19.3 Å². The van der Waals surface area contributed by atoms with Crippen LogP contribution < -0.4 is 16.0 Å². The third-order valence-corrected chi connectivity index (χ3v) is 4.72. The molecular weight excluding hydrogens is 262 g/mol. The average molecular weight is 295 g/mol. The van der Waals surface area contributed by atoms with E-state index in [-0.39, 0.29) is 11.4 Å². The predicted octanol–water partition coefficient (Wildman–Crippen LogP) is 2.19. The van der Waals surface area contributed by atoms with Gasteiger partial charge in [-0.25, -0.2) is 0 Å². The molecule has 2 fully saturated rings. The van der Waals surface area contributed by atoms with Gasteiger partial charge < -0.3 is 16.0 Å². The van der Waals surface area contributed by atoms with Gasteiger partial charge >= 0.3 is 0 Å². The molecule has 0 aromatic heterocycles. The molecule has 1 aliphatic heterocycles. The summed E-state index contributed by atoms with van der Waals surface area (Å²) in [5, 5.41) is 10.3. The lowest BCUT2D eigenvalue weighted by Gasteiger charge is -2.40. The number of hydrogen-bond acceptors (Lipinski definition) is 3. The van der Waals surface area contributed by atoms with E-state index in [9.17, 15) is 4.79 Å². The van der Waals surface area contributed by atoms with Crippen LogP contribution in [0.25, 0.3) is 0 Å². The van der Waals surface area contributed by atoms with Crippen LogP contribution in [0.2, 0.25) is 0 Å². The summed E-state index contributed by atoms with van der Waals surface area (Å²) in [6.07, 6.45) is 9.12. The maximum Gasteiger partial charge on any atom is 0.234 e. The minimum absolute atomic E-state index is 0.114. The quantitative estimate of drug-likeness (QED) is 0.745. The van der Waals surface area contributed by atoms with Gasteiger partial charge in [-0.3, -0.25) is 4.79 Å². The fourth-order valence-electron chi connectivity index (χ4n) is 3.83. The molecule has 1 saturated carbocycles. The van der Waals surface area contributed by atoms with E-state index in [4.69, 9.17) is 0 Å². The SMILES string of the molecule is CC(C)(C)NC(=O)CNC1CCCCC1C1CCCCN1. The predicted molar refractivity (Wildman–Crippen MR) is 87.3 cm³/mol. The smallest absolute Gasteiger partial charge is 0.234 e. The summed E-state index contributed by atoms with van der Waals surface area (Å²) in [6, 6.07) is 1.15. The molecule has 1 amide bonds. The molecule has 2 aliphatic rings. The van der Waals surface area contributed by atoms with Crippen LogP contribution in [0.15, 0.2) is 0 Å². The fourth-order valence-corrected chi connectivity index (χ4v) is 3.83. The lowest BCUT2D eigenvalue weighted by molar-refractivity contribution is -0.121. The van der Waals surface area contributed by atoms with E-state index in [0.29, 0.717) is 24.5 Å². The highest BCUT2D eigenvalue weighted by atomic mass is 16.2. The highest BCUT2D eigenvalue weighted by molar-refractivity contribution is 5.78. The van der Waals surface area contributed by atoms with Gasteiger partial charge in [-0.15, -0.1) is 0 Å². The Morgan fingerprint density at radius 1 is 1.10 bits per heavy atom. The normalized spacial score (nSPS) is 30.9. The molecule has 4 nitrogen and oxygen atoms in total. The molecule has 0 radical (unpaired) electrons. The van der Waals surface area contributed by atoms with Gasteiger partial charge in [-0.2, -0.15) is 0 Å². The van der Waals surface area contributed by atoms with Gasteiger partial charge in [0.1, 0.15) is 0 Å². The van der Waals surface area contributed by atoms with E-state index in [0.717, 1.165) is 0 Å². The second kappa shape index (κ2) is 7.59. The minimum atomic E-state index is -0.143. The first-order valence-corrected chi connectivity index (χ1v) is 8.73. The van der Waals surface area contributed by atoms with Crippen molar-refractivity contribution < 1.29 is 4.79 Å². The van der Waals surface area contributed by atoms with Gasteiger partial charge in [0.15, 0.2) is 0 Å². The largest absolute Gasteiger partial charge is 0.350 e. The zero-order chi connectivity index (χ0) is 15.3. The summed E-state index contributed by atoms with van der Waals surface area (Å²) < 4.78 is 0. The Morgan fingerprint density at radius 3 is 2.48 bits per heavy atom. The summed E-state index contributed by atoms with van der Waals surface area (Å²) >= 11 is 0. The van der Waals surface area contributed by atoms with Crippen molar-refractivity contribution in [1.82, 2.24) is 16.0 Å². The molecular formula is C17H33N3O. The zero-order valence-corrected chi connectivity index (χ0v) is 14.0. The monoisotopic (exact) mass is 295 g/mol. The summed E-state index contributed by atoms with van der Waals surface area (Å²) in [6.45, 7) is 7.70. The summed E-state index contributed by atoms with van der Waals surface area (Å²) in [7, 11) is 0. The molecule has 1 saturated heterocycles. The number of carbonyl (C=O) groups is 1. The van der Waals surface area contributed by atoms with E-state index < -0.39 is 0 Å². The molecule has 1 heterocycles. The molecule has 3 N–H and O–H groups in total. The van der Waals surface area contributed by atoms with Crippen LogP contribution in [0.3, 0.4) is 0 Å². The third kappa shape index (κ3) is 5.59. The van der Waals surface area contributed by atoms with E-state index in [1.807, 2.05) is 20.8 Å². The Balaban J connectivity index is 1.82. The topological polar surface area (TPSA) is 53.2 Å². The Hall–Kier alpha value is -0.610. The summed E-state index contributed by atoms with van der Waals surface area (Å²) in [5.74, 6) is 0.810. The van der Waals surface area contributed by atoms with Crippen molar-refractivity contribution in [2.75, 3.05) is 13.1 Å². The van der Waals surface area contributed by atoms with Crippen molar-refractivity contribution in [3.05, 3.63) is 0 Å². The van der Waals surface area contributed by atoms with E-state index in [1.54, 1.807) is 0 Å². The Labute approximate surface area is 129 Å². The molecule has 0 aromatic rings. The second-order valence-electron chi connectivity index (χ2n) is 7.79. The van der Waals surface area contributed by atoms with Crippen molar-refractivity contribution in [3.63, 3.8) is 0 Å². The molecule has 122 valence electrons. The molecule has 0 spiro atoms. The number of nitrogens with one attached hydrogen (secondary N) is 3. The van der Waals surface area contributed by atoms with Crippen LogP contribution in [-0.4, -0.2) is 36.6 Å². The van der Waals surface area contributed by atoms with Gasteiger partial charge in [0.2, 0.25) is 5.91 Å². The summed E-state index contributed by atoms with van der Waals surface area (Å²) in [4.78, 5) is 12.0. The van der Waals surface area contributed by atoms with Crippen LogP contribution in [0, 0.1) is 5.92 Å². The number of carbonyl (C=O) groups excluding carboxylic acids is 1. The highest BCUT2D eigenvalue weighted by Crippen LogP contribution is 2.30. The molecule has 3 atom stereocenters. The number of hydrogen-bond donors (Lipinski definition) is 3. The van der Waals surface area contributed by atoms with Crippen LogP contribution in [0.1, 0.15) is 65.7 Å². The van der Waals surface area contributed by atoms with E-state index in [1.165, 1.54) is 51.5 Å². The van der Waals surface area contributed by atoms with Crippen molar-refractivity contribution in [3.8, 4) is 0 Å². The minimum Gasteiger partial charge on any atom is -0.350 e. The maximum atomic E-state index is 12.0. The van der Waals surface area contributed by atoms with Crippen LogP contribution in [0.5, 0.6) is 0 Å². The molecule has 2 rings (SSSR count). The number of amides is 1. The lowest BCUT2D eigenvalue weighted by atomic mass is 9.77. The first-order chi connectivity index (χ1) is 9.96. The van der Waals surface area contributed by atoms with Crippen molar-refractivity contribution in [1.29, 1.82) is 0 Å². The molecule has 1 aliphatic carbocycles. The van der Waals surface area contributed by atoms with E-state index >= 15 is 0 Å². The first kappa shape index (κ1) is 16.8. The van der Waals surface area contributed by atoms with Crippen molar-refractivity contribution in [2.24, 2.45) is 5.92 Å². The maximum absolute atomic E-state index is 12.0. The Morgan fingerprint density at radius 2 is 1.81 bits per heavy atom. The standard InChI is InChI=1S/C17H33N3O/c1-17(2,3)20-16(21)12-19-15-9-5-4-8-13(15)14-10-6-7-11-18-14/h13-15,18-19H,4-12H2,1-3H3,(H,20,21). The number of rotatable bonds is 4. The molecule has 4 heteroatoms. The lowest BCUT2D eigenvalue weighted by Crippen LogP contribution is -2.53. The second-order valence-corrected chi connectivity index (χ2v) is 7.79. The van der Waals surface area contributed by atoms with E-state index in [2.05, 4.69) is 16.0 Å². The molecule has 0 aromatic carbocycles. The van der Waals surface area contributed by atoms with Crippen molar-refractivity contribution in [2.45, 2.75) is 83.3 Å². The van der Waals surface area contributed by atoms with Crippen molar-refractivity contribution >= 4 is 5.91 Å². The average Bonchev–Trinajstić information content (AvgIpc) is 2.45. The summed E-state index contributed by atoms with van der Waals surface area (Å²) in [5.41, 5.74) is -0.143. The fraction of sp³-hybridized carbons (Fsp3) is 0.941. The highest BCUT2D eigenvalue weighted by Gasteiger charge is 2.32. The zero-order valence-electron chi connectivity index (χ0n) is 14.0.